The molecule has 0 radical (unpaired) electrons. The van der Waals surface area contributed by atoms with Gasteiger partial charge in [0.15, 0.2) is 0 Å². The zero-order valence-electron chi connectivity index (χ0n) is 13.9. The molecule has 120 valence electrons. The summed E-state index contributed by atoms with van der Waals surface area (Å²) in [7, 11) is 0. The molecule has 1 atom stereocenters. The predicted octanol–water partition coefficient (Wildman–Crippen LogP) is 2.76. The molecular formula is C17H25N3O2. The topological polar surface area (TPSA) is 45.7 Å². The van der Waals surface area contributed by atoms with Crippen molar-refractivity contribution in [2.45, 2.75) is 52.2 Å². The van der Waals surface area contributed by atoms with E-state index in [9.17, 15) is 4.79 Å². The number of ether oxygens (including phenoxy) is 1. The van der Waals surface area contributed by atoms with Gasteiger partial charge in [-0.05, 0) is 51.7 Å². The van der Waals surface area contributed by atoms with Gasteiger partial charge in [-0.15, -0.1) is 0 Å². The number of hydrogen-bond donors (Lipinski definition) is 0. The molecule has 1 fully saturated rings. The summed E-state index contributed by atoms with van der Waals surface area (Å²) in [6, 6.07) is 2.58. The van der Waals surface area contributed by atoms with E-state index < -0.39 is 5.60 Å². The minimum absolute atomic E-state index is 0.203. The summed E-state index contributed by atoms with van der Waals surface area (Å²) >= 11 is 0. The zero-order valence-corrected chi connectivity index (χ0v) is 13.9. The van der Waals surface area contributed by atoms with Gasteiger partial charge in [-0.1, -0.05) is 6.07 Å². The maximum atomic E-state index is 12.2. The summed E-state index contributed by atoms with van der Waals surface area (Å²) in [4.78, 5) is 21.0. The van der Waals surface area contributed by atoms with Crippen LogP contribution in [-0.4, -0.2) is 47.3 Å². The van der Waals surface area contributed by atoms with Crippen molar-refractivity contribution in [3.63, 3.8) is 0 Å². The Bertz CT molecular complexity index is 580. The Kier molecular flexibility index (Phi) is 3.75. The number of hydrogen-bond acceptors (Lipinski definition) is 4. The lowest BCUT2D eigenvalue weighted by atomic mass is 10.2. The fraction of sp³-hybridized carbons (Fsp3) is 0.647. The summed E-state index contributed by atoms with van der Waals surface area (Å²) < 4.78 is 5.47. The molecule has 0 N–H and O–H groups in total. The molecule has 5 heteroatoms. The summed E-state index contributed by atoms with van der Waals surface area (Å²) in [5, 5.41) is 0. The van der Waals surface area contributed by atoms with E-state index >= 15 is 0 Å². The van der Waals surface area contributed by atoms with Crippen LogP contribution in [0.5, 0.6) is 0 Å². The predicted molar refractivity (Wildman–Crippen MR) is 86.2 cm³/mol. The normalized spacial score (nSPS) is 21.2. The molecule has 3 rings (SSSR count). The number of pyridine rings is 1. The van der Waals surface area contributed by atoms with E-state index in [1.54, 1.807) is 0 Å². The second-order valence-corrected chi connectivity index (χ2v) is 7.31. The maximum absolute atomic E-state index is 12.2. The molecule has 1 unspecified atom stereocenters. The van der Waals surface area contributed by atoms with Crippen LogP contribution in [0.2, 0.25) is 0 Å². The highest BCUT2D eigenvalue weighted by Crippen LogP contribution is 2.31. The van der Waals surface area contributed by atoms with Crippen molar-refractivity contribution < 1.29 is 9.53 Å². The van der Waals surface area contributed by atoms with Gasteiger partial charge < -0.3 is 14.5 Å². The van der Waals surface area contributed by atoms with Crippen LogP contribution < -0.4 is 4.90 Å². The van der Waals surface area contributed by atoms with Crippen LogP contribution in [0.15, 0.2) is 12.3 Å². The van der Waals surface area contributed by atoms with Crippen LogP contribution in [-0.2, 0) is 11.2 Å². The van der Waals surface area contributed by atoms with Crippen molar-refractivity contribution >= 4 is 11.9 Å². The number of aromatic nitrogens is 1. The molecule has 1 amide bonds. The van der Waals surface area contributed by atoms with Crippen LogP contribution >= 0.6 is 0 Å². The Labute approximate surface area is 132 Å². The van der Waals surface area contributed by atoms with Gasteiger partial charge in [0.1, 0.15) is 11.4 Å². The second kappa shape index (κ2) is 5.45. The number of fused-ring (bicyclic) bond motifs is 1. The second-order valence-electron chi connectivity index (χ2n) is 7.31. The van der Waals surface area contributed by atoms with Crippen molar-refractivity contribution in [2.24, 2.45) is 0 Å². The Balaban J connectivity index is 1.66. The minimum Gasteiger partial charge on any atom is -0.444 e. The van der Waals surface area contributed by atoms with E-state index in [0.717, 1.165) is 38.3 Å². The number of likely N-dealkylation sites (tertiary alicyclic amines) is 1. The molecular weight excluding hydrogens is 278 g/mol. The fourth-order valence-corrected chi connectivity index (χ4v) is 3.26. The third kappa shape index (κ3) is 3.03. The van der Waals surface area contributed by atoms with E-state index in [0.29, 0.717) is 6.04 Å². The lowest BCUT2D eigenvalue weighted by molar-refractivity contribution is 0.0292. The molecule has 1 aromatic rings. The first-order chi connectivity index (χ1) is 10.3. The molecule has 0 aromatic carbocycles. The lowest BCUT2D eigenvalue weighted by Gasteiger charge is -2.27. The number of rotatable bonds is 1. The SMILES string of the molecule is Cc1cnc2c(c1)CCN2C1CCN(C(=O)OC(C)(C)C)C1. The van der Waals surface area contributed by atoms with Gasteiger partial charge in [-0.25, -0.2) is 9.78 Å². The number of anilines is 1. The third-order valence-corrected chi connectivity index (χ3v) is 4.23. The Morgan fingerprint density at radius 3 is 2.86 bits per heavy atom. The van der Waals surface area contributed by atoms with Crippen LogP contribution in [0, 0.1) is 6.92 Å². The van der Waals surface area contributed by atoms with Crippen LogP contribution in [0.25, 0.3) is 0 Å². The molecule has 1 aromatic heterocycles. The van der Waals surface area contributed by atoms with Crippen molar-refractivity contribution in [1.29, 1.82) is 0 Å². The quantitative estimate of drug-likeness (QED) is 0.800. The number of carbonyl (C=O) groups is 1. The van der Waals surface area contributed by atoms with Gasteiger partial charge in [0.25, 0.3) is 0 Å². The monoisotopic (exact) mass is 303 g/mol. The first-order valence-electron chi connectivity index (χ1n) is 8.03. The summed E-state index contributed by atoms with van der Waals surface area (Å²) in [5.74, 6) is 1.10. The molecule has 0 aliphatic carbocycles. The van der Waals surface area contributed by atoms with Crippen molar-refractivity contribution in [3.8, 4) is 0 Å². The molecule has 22 heavy (non-hydrogen) atoms. The molecule has 1 saturated heterocycles. The third-order valence-electron chi connectivity index (χ3n) is 4.23. The van der Waals surface area contributed by atoms with Gasteiger partial charge in [0.2, 0.25) is 0 Å². The largest absolute Gasteiger partial charge is 0.444 e. The number of amides is 1. The molecule has 0 spiro atoms. The van der Waals surface area contributed by atoms with Crippen LogP contribution in [0.4, 0.5) is 10.6 Å². The van der Waals surface area contributed by atoms with E-state index in [2.05, 4.69) is 22.9 Å². The first kappa shape index (κ1) is 15.1. The molecule has 2 aliphatic heterocycles. The van der Waals surface area contributed by atoms with Gasteiger partial charge in [-0.2, -0.15) is 0 Å². The van der Waals surface area contributed by atoms with Crippen molar-refractivity contribution in [2.75, 3.05) is 24.5 Å². The lowest BCUT2D eigenvalue weighted by Crippen LogP contribution is -2.40. The number of nitrogens with zero attached hydrogens (tertiary/aromatic N) is 3. The van der Waals surface area contributed by atoms with Crippen LogP contribution in [0.3, 0.4) is 0 Å². The standard InChI is InChI=1S/C17H25N3O2/c1-12-9-13-5-8-20(15(13)18-10-12)14-6-7-19(11-14)16(21)22-17(2,3)4/h9-10,14H,5-8,11H2,1-4H3. The summed E-state index contributed by atoms with van der Waals surface area (Å²) in [5.41, 5.74) is 2.10. The first-order valence-corrected chi connectivity index (χ1v) is 8.03. The van der Waals surface area contributed by atoms with E-state index in [1.807, 2.05) is 31.9 Å². The molecule has 0 saturated carbocycles. The molecule has 2 aliphatic rings. The smallest absolute Gasteiger partial charge is 0.410 e. The average molecular weight is 303 g/mol. The Morgan fingerprint density at radius 1 is 1.36 bits per heavy atom. The van der Waals surface area contributed by atoms with E-state index in [-0.39, 0.29) is 6.09 Å². The Hall–Kier alpha value is -1.78. The maximum Gasteiger partial charge on any atom is 0.410 e. The molecule has 0 bridgehead atoms. The molecule has 5 nitrogen and oxygen atoms in total. The highest BCUT2D eigenvalue weighted by molar-refractivity contribution is 5.69. The van der Waals surface area contributed by atoms with Gasteiger partial charge in [0.05, 0.1) is 0 Å². The zero-order chi connectivity index (χ0) is 15.9. The summed E-state index contributed by atoms with van der Waals surface area (Å²) in [6.07, 6.45) is 3.75. The van der Waals surface area contributed by atoms with Gasteiger partial charge >= 0.3 is 6.09 Å². The van der Waals surface area contributed by atoms with Crippen molar-refractivity contribution in [3.05, 3.63) is 23.4 Å². The van der Waals surface area contributed by atoms with Crippen LogP contribution in [0.1, 0.15) is 38.3 Å². The van der Waals surface area contributed by atoms with Crippen molar-refractivity contribution in [1.82, 2.24) is 9.88 Å². The van der Waals surface area contributed by atoms with E-state index in [1.165, 1.54) is 11.1 Å². The molecule has 3 heterocycles. The fourth-order valence-electron chi connectivity index (χ4n) is 3.26. The highest BCUT2D eigenvalue weighted by atomic mass is 16.6. The van der Waals surface area contributed by atoms with Gasteiger partial charge in [-0.3, -0.25) is 0 Å². The summed E-state index contributed by atoms with van der Waals surface area (Å²) in [6.45, 7) is 10.3. The number of aryl methyl sites for hydroxylation is 1. The number of carbonyl (C=O) groups excluding carboxylic acids is 1. The average Bonchev–Trinajstić information content (AvgIpc) is 3.01. The Morgan fingerprint density at radius 2 is 2.14 bits per heavy atom. The minimum atomic E-state index is -0.436. The highest BCUT2D eigenvalue weighted by Gasteiger charge is 2.35. The van der Waals surface area contributed by atoms with E-state index in [4.69, 9.17) is 4.74 Å². The van der Waals surface area contributed by atoms with Gasteiger partial charge in [0, 0.05) is 31.9 Å².